The number of likely N-dealkylation sites (N-methyl/N-ethyl adjacent to an activating group) is 1. The fraction of sp³-hybridized carbons (Fsp3) is 0.586. The normalized spacial score (nSPS) is 33.8. The Kier molecular flexibility index (Phi) is 7.08. The number of hydrogen-bond donors (Lipinski definition) is 3. The minimum Gasteiger partial charge on any atom is -0.507 e. The highest BCUT2D eigenvalue weighted by Gasteiger charge is 2.74. The minimum absolute atomic E-state index is 0.0972. The third kappa shape index (κ3) is 3.93. The Hall–Kier alpha value is -3.44. The molecule has 40 heavy (non-hydrogen) atoms. The third-order valence-corrected chi connectivity index (χ3v) is 8.82. The highest BCUT2D eigenvalue weighted by Crippen LogP contribution is 2.56. The number of Topliss-reactive ketones (excluding diaryl/α,β-unsaturated/α-hetero) is 4. The molecule has 11 heteroatoms. The number of esters is 1. The van der Waals surface area contributed by atoms with Gasteiger partial charge in [-0.05, 0) is 36.6 Å². The topological polar surface area (TPSA) is 181 Å². The van der Waals surface area contributed by atoms with Crippen molar-refractivity contribution in [2.45, 2.75) is 70.1 Å². The van der Waals surface area contributed by atoms with E-state index in [2.05, 4.69) is 0 Å². The highest BCUT2D eigenvalue weighted by atomic mass is 16.5. The van der Waals surface area contributed by atoms with Crippen LogP contribution in [0.5, 0.6) is 5.75 Å². The number of carbonyl (C=O) groups is 6. The summed E-state index contributed by atoms with van der Waals surface area (Å²) in [4.78, 5) is 81.8. The van der Waals surface area contributed by atoms with Crippen LogP contribution in [0.1, 0.15) is 68.4 Å². The summed E-state index contributed by atoms with van der Waals surface area (Å²) >= 11 is 0. The summed E-state index contributed by atoms with van der Waals surface area (Å²) in [5.41, 5.74) is 2.56. The van der Waals surface area contributed by atoms with Crippen LogP contribution in [0.4, 0.5) is 0 Å². The maximum absolute atomic E-state index is 14.2. The van der Waals surface area contributed by atoms with E-state index in [1.54, 1.807) is 19.1 Å². The number of phenols is 1. The summed E-state index contributed by atoms with van der Waals surface area (Å²) in [5, 5.41) is 23.2. The Labute approximate surface area is 232 Å². The fourth-order valence-corrected chi connectivity index (χ4v) is 6.95. The lowest BCUT2D eigenvalue weighted by molar-refractivity contribution is -0.205. The van der Waals surface area contributed by atoms with Crippen molar-refractivity contribution >= 4 is 35.0 Å². The largest absolute Gasteiger partial charge is 0.507 e. The number of hydrogen-bond acceptors (Lipinski definition) is 10. The molecule has 1 aromatic carbocycles. The second-order valence-electron chi connectivity index (χ2n) is 12.4. The van der Waals surface area contributed by atoms with E-state index < -0.39 is 87.8 Å². The SMILES string of the molecule is CCC(=O)O[C@H]1[C@H]2C(C(=O)c3c(ccc(C(C)(C)C)c3O)[C@@H]2C)C(=O)[C@]2(O)C(=O)C(C(N)=O)C(=O)C(N(C)C)[C@H]12. The van der Waals surface area contributed by atoms with Crippen LogP contribution in [0.25, 0.3) is 0 Å². The van der Waals surface area contributed by atoms with Gasteiger partial charge in [0.05, 0.1) is 23.4 Å². The molecule has 3 aliphatic rings. The molecule has 0 radical (unpaired) electrons. The Morgan fingerprint density at radius 2 is 1.70 bits per heavy atom. The van der Waals surface area contributed by atoms with Crippen molar-refractivity contribution in [3.63, 3.8) is 0 Å². The molecule has 216 valence electrons. The lowest BCUT2D eigenvalue weighted by Gasteiger charge is -2.56. The van der Waals surface area contributed by atoms with Gasteiger partial charge < -0.3 is 20.7 Å². The molecule has 0 bridgehead atoms. The molecule has 0 aliphatic heterocycles. The van der Waals surface area contributed by atoms with Crippen molar-refractivity contribution < 1.29 is 43.7 Å². The van der Waals surface area contributed by atoms with Crippen LogP contribution in [-0.4, -0.2) is 82.0 Å². The molecule has 3 unspecified atom stereocenters. The summed E-state index contributed by atoms with van der Waals surface area (Å²) in [6.07, 6.45) is -1.54. The summed E-state index contributed by atoms with van der Waals surface area (Å²) in [5.74, 6) is -14.0. The number of fused-ring (bicyclic) bond motifs is 3. The molecule has 2 fully saturated rings. The molecule has 11 nitrogen and oxygen atoms in total. The van der Waals surface area contributed by atoms with E-state index in [0.29, 0.717) is 11.1 Å². The van der Waals surface area contributed by atoms with Crippen molar-refractivity contribution in [2.24, 2.45) is 29.4 Å². The summed E-state index contributed by atoms with van der Waals surface area (Å²) in [6.45, 7) is 8.76. The number of nitrogens with zero attached hydrogens (tertiary/aromatic N) is 1. The number of ketones is 4. The van der Waals surface area contributed by atoms with Crippen molar-refractivity contribution in [3.8, 4) is 5.75 Å². The predicted molar refractivity (Wildman–Crippen MR) is 140 cm³/mol. The molecule has 0 heterocycles. The average Bonchev–Trinajstić information content (AvgIpc) is 2.84. The minimum atomic E-state index is -3.04. The maximum atomic E-state index is 14.2. The van der Waals surface area contributed by atoms with E-state index in [0.717, 1.165) is 0 Å². The van der Waals surface area contributed by atoms with Gasteiger partial charge in [-0.15, -0.1) is 0 Å². The first-order chi connectivity index (χ1) is 18.4. The van der Waals surface area contributed by atoms with Gasteiger partial charge in [-0.3, -0.25) is 33.7 Å². The first kappa shape index (κ1) is 29.5. The molecule has 0 spiro atoms. The van der Waals surface area contributed by atoms with Crippen molar-refractivity contribution in [2.75, 3.05) is 14.1 Å². The number of aromatic hydroxyl groups is 1. The molecule has 3 aliphatic carbocycles. The predicted octanol–water partition coefficient (Wildman–Crippen LogP) is 0.657. The van der Waals surface area contributed by atoms with E-state index in [4.69, 9.17) is 10.5 Å². The number of rotatable bonds is 4. The zero-order valence-electron chi connectivity index (χ0n) is 23.7. The van der Waals surface area contributed by atoms with Gasteiger partial charge in [0.25, 0.3) is 0 Å². The molecule has 1 aromatic rings. The van der Waals surface area contributed by atoms with Crippen molar-refractivity contribution in [3.05, 3.63) is 28.8 Å². The summed E-state index contributed by atoms with van der Waals surface area (Å²) < 4.78 is 5.79. The van der Waals surface area contributed by atoms with Gasteiger partial charge in [0.15, 0.2) is 34.7 Å². The number of aliphatic hydroxyl groups is 1. The molecule has 2 saturated carbocycles. The monoisotopic (exact) mass is 556 g/mol. The molecule has 8 atom stereocenters. The molecular weight excluding hydrogens is 520 g/mol. The van der Waals surface area contributed by atoms with Crippen LogP contribution in [-0.2, 0) is 34.1 Å². The quantitative estimate of drug-likeness (QED) is 0.352. The third-order valence-electron chi connectivity index (χ3n) is 8.82. The zero-order valence-corrected chi connectivity index (χ0v) is 23.7. The van der Waals surface area contributed by atoms with E-state index >= 15 is 0 Å². The second kappa shape index (κ2) is 9.59. The van der Waals surface area contributed by atoms with Crippen LogP contribution in [0, 0.1) is 23.7 Å². The van der Waals surface area contributed by atoms with Crippen LogP contribution >= 0.6 is 0 Å². The van der Waals surface area contributed by atoms with Gasteiger partial charge in [0.1, 0.15) is 11.9 Å². The molecule has 1 amide bonds. The van der Waals surface area contributed by atoms with Gasteiger partial charge in [0.2, 0.25) is 5.91 Å². The summed E-state index contributed by atoms with van der Waals surface area (Å²) in [6, 6.07) is 1.96. The van der Waals surface area contributed by atoms with Crippen LogP contribution < -0.4 is 5.73 Å². The first-order valence-corrected chi connectivity index (χ1v) is 13.3. The Balaban J connectivity index is 2.04. The molecular formula is C29H36N2O9. The fourth-order valence-electron chi connectivity index (χ4n) is 6.95. The van der Waals surface area contributed by atoms with E-state index in [9.17, 15) is 39.0 Å². The Bertz CT molecular complexity index is 1340. The Morgan fingerprint density at radius 1 is 1.10 bits per heavy atom. The van der Waals surface area contributed by atoms with E-state index in [-0.39, 0.29) is 17.7 Å². The molecule has 0 aromatic heterocycles. The maximum Gasteiger partial charge on any atom is 0.305 e. The smallest absolute Gasteiger partial charge is 0.305 e. The molecule has 4 rings (SSSR count). The Morgan fingerprint density at radius 3 is 2.20 bits per heavy atom. The molecule has 0 saturated heterocycles. The highest BCUT2D eigenvalue weighted by molar-refractivity contribution is 6.32. The van der Waals surface area contributed by atoms with Crippen LogP contribution in [0.15, 0.2) is 12.1 Å². The number of amides is 1. The lowest BCUT2D eigenvalue weighted by Crippen LogP contribution is -2.78. The van der Waals surface area contributed by atoms with E-state index in [1.165, 1.54) is 25.9 Å². The number of nitrogens with two attached hydrogens (primary N) is 1. The summed E-state index contributed by atoms with van der Waals surface area (Å²) in [7, 11) is 2.92. The lowest BCUT2D eigenvalue weighted by atomic mass is 9.49. The second-order valence-corrected chi connectivity index (χ2v) is 12.4. The zero-order chi connectivity index (χ0) is 30.2. The number of primary amides is 1. The van der Waals surface area contributed by atoms with Gasteiger partial charge in [0, 0.05) is 12.3 Å². The molecule has 4 N–H and O–H groups in total. The standard InChI is InChI=1S/C29H36N2O9/c1-8-14(32)40-24-15-11(2)12-9-10-13(28(3,4)5)21(33)16(12)22(34)17(15)25(36)29(39)19(24)20(31(6)7)23(35)18(26(29)37)27(30)38/h9-11,15,17-20,24,33,39H,8H2,1-7H3,(H2,30,38)/t11-,15+,17?,18?,19+,20?,24-,29-/m0/s1. The number of phenolic OH excluding ortho intramolecular Hbond substituents is 1. The van der Waals surface area contributed by atoms with Gasteiger partial charge in [-0.2, -0.15) is 0 Å². The van der Waals surface area contributed by atoms with E-state index in [1.807, 2.05) is 20.8 Å². The number of ether oxygens (including phenoxy) is 1. The van der Waals surface area contributed by atoms with Crippen molar-refractivity contribution in [1.29, 1.82) is 0 Å². The van der Waals surface area contributed by atoms with Crippen LogP contribution in [0.2, 0.25) is 0 Å². The number of carbonyl (C=O) groups excluding carboxylic acids is 6. The van der Waals surface area contributed by atoms with Gasteiger partial charge in [-0.25, -0.2) is 0 Å². The van der Waals surface area contributed by atoms with Crippen molar-refractivity contribution in [1.82, 2.24) is 4.90 Å². The van der Waals surface area contributed by atoms with Gasteiger partial charge >= 0.3 is 5.97 Å². The van der Waals surface area contributed by atoms with Gasteiger partial charge in [-0.1, -0.05) is 46.8 Å². The van der Waals surface area contributed by atoms with Crippen LogP contribution in [0.3, 0.4) is 0 Å². The average molecular weight is 557 g/mol. The first-order valence-electron chi connectivity index (χ1n) is 13.3. The number of benzene rings is 1.